The molecule has 1 saturated carbocycles. The first-order valence-electron chi connectivity index (χ1n) is 7.37. The van der Waals surface area contributed by atoms with Crippen molar-refractivity contribution in [2.75, 3.05) is 13.1 Å². The maximum atomic E-state index is 12.4. The van der Waals surface area contributed by atoms with Crippen molar-refractivity contribution in [2.45, 2.75) is 57.9 Å². The smallest absolute Gasteiger partial charge is 0.310 e. The van der Waals surface area contributed by atoms with Crippen molar-refractivity contribution in [1.82, 2.24) is 9.03 Å². The third-order valence-corrected chi connectivity index (χ3v) is 6.27. The van der Waals surface area contributed by atoms with Crippen LogP contribution in [0.3, 0.4) is 0 Å². The molecule has 2 aliphatic rings. The Labute approximate surface area is 120 Å². The average molecular weight is 304 g/mol. The summed E-state index contributed by atoms with van der Waals surface area (Å²) in [5, 5.41) is 9.35. The lowest BCUT2D eigenvalue weighted by Crippen LogP contribution is -2.51. The molecule has 0 bridgehead atoms. The van der Waals surface area contributed by atoms with Crippen molar-refractivity contribution >= 4 is 16.2 Å². The maximum absolute atomic E-state index is 12.4. The largest absolute Gasteiger partial charge is 0.481 e. The second-order valence-electron chi connectivity index (χ2n) is 6.10. The first kappa shape index (κ1) is 15.7. The van der Waals surface area contributed by atoms with Crippen molar-refractivity contribution in [3.63, 3.8) is 0 Å². The van der Waals surface area contributed by atoms with Crippen LogP contribution >= 0.6 is 0 Å². The summed E-state index contributed by atoms with van der Waals surface area (Å²) in [6.07, 6.45) is 5.73. The van der Waals surface area contributed by atoms with E-state index in [0.29, 0.717) is 25.9 Å². The molecule has 2 rings (SSSR count). The predicted octanol–water partition coefficient (Wildman–Crippen LogP) is 1.34. The van der Waals surface area contributed by atoms with E-state index in [9.17, 15) is 18.3 Å². The van der Waals surface area contributed by atoms with Gasteiger partial charge in [0, 0.05) is 19.1 Å². The second-order valence-corrected chi connectivity index (χ2v) is 7.81. The number of nitrogens with zero attached hydrogens (tertiary/aromatic N) is 1. The van der Waals surface area contributed by atoms with Crippen molar-refractivity contribution in [3.05, 3.63) is 0 Å². The van der Waals surface area contributed by atoms with Crippen LogP contribution < -0.4 is 4.72 Å². The molecule has 0 aromatic carbocycles. The number of aliphatic carboxylic acids is 1. The van der Waals surface area contributed by atoms with Crippen LogP contribution in [0.25, 0.3) is 0 Å². The summed E-state index contributed by atoms with van der Waals surface area (Å²) in [6.45, 7) is 2.70. The van der Waals surface area contributed by atoms with Crippen LogP contribution in [0.4, 0.5) is 0 Å². The molecule has 1 heterocycles. The summed E-state index contributed by atoms with van der Waals surface area (Å²) >= 11 is 0. The Morgan fingerprint density at radius 3 is 2.35 bits per heavy atom. The molecular formula is C13H24N2O4S. The summed E-state index contributed by atoms with van der Waals surface area (Å²) in [6, 6.07) is -0.506. The number of nitrogens with one attached hydrogen (secondary N) is 1. The zero-order valence-electron chi connectivity index (χ0n) is 12.0. The lowest BCUT2D eigenvalue weighted by atomic mass is 9.85. The van der Waals surface area contributed by atoms with E-state index in [1.54, 1.807) is 6.92 Å². The normalized spacial score (nSPS) is 33.0. The topological polar surface area (TPSA) is 86.7 Å². The van der Waals surface area contributed by atoms with Gasteiger partial charge in [-0.1, -0.05) is 19.3 Å². The zero-order chi connectivity index (χ0) is 14.8. The number of carboxylic acid groups (broad SMARTS) is 1. The lowest BCUT2D eigenvalue weighted by molar-refractivity contribution is -0.148. The van der Waals surface area contributed by atoms with Crippen LogP contribution in [0.5, 0.6) is 0 Å². The number of hydrogen-bond donors (Lipinski definition) is 2. The Hall–Kier alpha value is -0.660. The SMILES string of the molecule is CC1(C(=O)O)CCCC1NS(=O)(=O)N1CCCCCC1. The van der Waals surface area contributed by atoms with E-state index in [1.807, 2.05) is 0 Å². The average Bonchev–Trinajstić information content (AvgIpc) is 2.62. The summed E-state index contributed by atoms with van der Waals surface area (Å²) in [5.41, 5.74) is -0.987. The van der Waals surface area contributed by atoms with Gasteiger partial charge in [0.15, 0.2) is 0 Å². The molecule has 2 fully saturated rings. The summed E-state index contributed by atoms with van der Waals surface area (Å²) in [5.74, 6) is -0.918. The van der Waals surface area contributed by atoms with Gasteiger partial charge in [0.05, 0.1) is 5.41 Å². The highest BCUT2D eigenvalue weighted by molar-refractivity contribution is 7.87. The van der Waals surface area contributed by atoms with E-state index < -0.39 is 27.6 Å². The van der Waals surface area contributed by atoms with Crippen molar-refractivity contribution < 1.29 is 18.3 Å². The Kier molecular flexibility index (Phi) is 4.71. The fourth-order valence-corrected chi connectivity index (χ4v) is 4.77. The molecule has 2 unspecified atom stereocenters. The van der Waals surface area contributed by atoms with Gasteiger partial charge in [0.2, 0.25) is 0 Å². The quantitative estimate of drug-likeness (QED) is 0.820. The van der Waals surface area contributed by atoms with Gasteiger partial charge in [0.1, 0.15) is 0 Å². The van der Waals surface area contributed by atoms with Crippen LogP contribution in [0.2, 0.25) is 0 Å². The molecule has 6 nitrogen and oxygen atoms in total. The fraction of sp³-hybridized carbons (Fsp3) is 0.923. The molecule has 0 spiro atoms. The van der Waals surface area contributed by atoms with Crippen LogP contribution in [0.15, 0.2) is 0 Å². The number of carboxylic acids is 1. The van der Waals surface area contributed by atoms with Crippen molar-refractivity contribution in [1.29, 1.82) is 0 Å². The number of carbonyl (C=O) groups is 1. The van der Waals surface area contributed by atoms with Crippen molar-refractivity contribution in [2.24, 2.45) is 5.41 Å². The van der Waals surface area contributed by atoms with Gasteiger partial charge in [-0.05, 0) is 32.6 Å². The van der Waals surface area contributed by atoms with Crippen LogP contribution in [-0.2, 0) is 15.0 Å². The number of rotatable bonds is 4. The molecule has 1 saturated heterocycles. The molecule has 0 aromatic heterocycles. The Morgan fingerprint density at radius 2 is 1.80 bits per heavy atom. The van der Waals surface area contributed by atoms with Gasteiger partial charge >= 0.3 is 5.97 Å². The summed E-state index contributed by atoms with van der Waals surface area (Å²) in [7, 11) is -3.57. The Balaban J connectivity index is 2.09. The molecule has 2 N–H and O–H groups in total. The van der Waals surface area contributed by atoms with Crippen molar-refractivity contribution in [3.8, 4) is 0 Å². The highest BCUT2D eigenvalue weighted by atomic mass is 32.2. The molecule has 0 amide bonds. The number of hydrogen-bond acceptors (Lipinski definition) is 3. The second kappa shape index (κ2) is 5.99. The van der Waals surface area contributed by atoms with E-state index in [1.165, 1.54) is 4.31 Å². The van der Waals surface area contributed by atoms with Gasteiger partial charge < -0.3 is 5.11 Å². The summed E-state index contributed by atoms with van der Waals surface area (Å²) < 4.78 is 29.0. The Bertz CT molecular complexity index is 457. The molecule has 1 aliphatic heterocycles. The molecule has 20 heavy (non-hydrogen) atoms. The van der Waals surface area contributed by atoms with Crippen LogP contribution in [-0.4, -0.2) is 42.9 Å². The van der Waals surface area contributed by atoms with E-state index in [4.69, 9.17) is 0 Å². The van der Waals surface area contributed by atoms with Gasteiger partial charge in [-0.25, -0.2) is 0 Å². The minimum Gasteiger partial charge on any atom is -0.481 e. The third-order valence-electron chi connectivity index (χ3n) is 4.64. The summed E-state index contributed by atoms with van der Waals surface area (Å²) in [4.78, 5) is 11.4. The highest BCUT2D eigenvalue weighted by Crippen LogP contribution is 2.38. The van der Waals surface area contributed by atoms with Gasteiger partial charge in [0.25, 0.3) is 10.2 Å². The first-order chi connectivity index (χ1) is 9.36. The van der Waals surface area contributed by atoms with Gasteiger partial charge in [-0.2, -0.15) is 17.4 Å². The van der Waals surface area contributed by atoms with E-state index in [-0.39, 0.29) is 0 Å². The Morgan fingerprint density at radius 1 is 1.20 bits per heavy atom. The van der Waals surface area contributed by atoms with E-state index in [0.717, 1.165) is 32.1 Å². The molecule has 1 aliphatic carbocycles. The zero-order valence-corrected chi connectivity index (χ0v) is 12.8. The standard InChI is InChI=1S/C13H24N2O4S/c1-13(12(16)17)8-6-7-11(13)14-20(18,19)15-9-4-2-3-5-10-15/h11,14H,2-10H2,1H3,(H,16,17). The lowest BCUT2D eigenvalue weighted by Gasteiger charge is -2.30. The van der Waals surface area contributed by atoms with Crippen LogP contribution in [0.1, 0.15) is 51.9 Å². The minimum atomic E-state index is -3.57. The predicted molar refractivity (Wildman–Crippen MR) is 75.5 cm³/mol. The molecule has 0 aromatic rings. The highest BCUT2D eigenvalue weighted by Gasteiger charge is 2.47. The maximum Gasteiger partial charge on any atom is 0.310 e. The molecule has 0 radical (unpaired) electrons. The monoisotopic (exact) mass is 304 g/mol. The van der Waals surface area contributed by atoms with Crippen LogP contribution in [0, 0.1) is 5.41 Å². The molecule has 116 valence electrons. The van der Waals surface area contributed by atoms with Gasteiger partial charge in [-0.15, -0.1) is 0 Å². The van der Waals surface area contributed by atoms with E-state index >= 15 is 0 Å². The minimum absolute atomic E-state index is 0.506. The third kappa shape index (κ3) is 3.15. The molecule has 7 heteroatoms. The van der Waals surface area contributed by atoms with Gasteiger partial charge in [-0.3, -0.25) is 4.79 Å². The van der Waals surface area contributed by atoms with E-state index in [2.05, 4.69) is 4.72 Å². The molecular weight excluding hydrogens is 280 g/mol. The fourth-order valence-electron chi connectivity index (χ4n) is 3.15. The first-order valence-corrected chi connectivity index (χ1v) is 8.81. The molecule has 2 atom stereocenters.